The zero-order chi connectivity index (χ0) is 7.52. The van der Waals surface area contributed by atoms with E-state index in [0.717, 1.165) is 38.7 Å². The Bertz CT molecular complexity index is 161. The van der Waals surface area contributed by atoms with E-state index in [-0.39, 0.29) is 0 Å². The molecule has 11 heavy (non-hydrogen) atoms. The van der Waals surface area contributed by atoms with Gasteiger partial charge in [-0.1, -0.05) is 0 Å². The van der Waals surface area contributed by atoms with Gasteiger partial charge in [0.25, 0.3) is 0 Å². The molecule has 0 aromatic heterocycles. The van der Waals surface area contributed by atoms with Gasteiger partial charge in [0.2, 0.25) is 0 Å². The predicted molar refractivity (Wildman–Crippen MR) is 41.8 cm³/mol. The fourth-order valence-electron chi connectivity index (χ4n) is 1.53. The molecule has 0 N–H and O–H groups in total. The summed E-state index contributed by atoms with van der Waals surface area (Å²) in [5.74, 6) is 1.39. The summed E-state index contributed by atoms with van der Waals surface area (Å²) >= 11 is 0. The molecule has 3 heteroatoms. The van der Waals surface area contributed by atoms with Crippen LogP contribution in [-0.2, 0) is 9.47 Å². The summed E-state index contributed by atoms with van der Waals surface area (Å²) in [6, 6.07) is 0. The lowest BCUT2D eigenvalue weighted by molar-refractivity contribution is 0.0698. The zero-order valence-corrected chi connectivity index (χ0v) is 6.58. The fourth-order valence-corrected chi connectivity index (χ4v) is 1.53. The van der Waals surface area contributed by atoms with Gasteiger partial charge in [-0.25, -0.2) is 0 Å². The molecular weight excluding hydrogens is 142 g/mol. The molecule has 0 aromatic rings. The van der Waals surface area contributed by atoms with Crippen molar-refractivity contribution in [3.05, 3.63) is 0 Å². The minimum absolute atomic E-state index is 0.450. The van der Waals surface area contributed by atoms with E-state index in [9.17, 15) is 0 Å². The van der Waals surface area contributed by atoms with Crippen molar-refractivity contribution in [1.29, 1.82) is 0 Å². The Morgan fingerprint density at radius 1 is 1.36 bits per heavy atom. The van der Waals surface area contributed by atoms with Gasteiger partial charge in [-0.3, -0.25) is 4.99 Å². The van der Waals surface area contributed by atoms with Gasteiger partial charge in [0, 0.05) is 6.61 Å². The molecule has 0 amide bonds. The van der Waals surface area contributed by atoms with E-state index in [4.69, 9.17) is 9.47 Å². The van der Waals surface area contributed by atoms with Gasteiger partial charge in [-0.2, -0.15) is 0 Å². The maximum Gasteiger partial charge on any atom is 0.188 e. The van der Waals surface area contributed by atoms with Gasteiger partial charge in [-0.15, -0.1) is 0 Å². The van der Waals surface area contributed by atoms with E-state index in [0.29, 0.717) is 5.92 Å². The Kier molecular flexibility index (Phi) is 2.08. The lowest BCUT2D eigenvalue weighted by Gasteiger charge is -2.20. The molecule has 1 fully saturated rings. The Labute approximate surface area is 66.4 Å². The van der Waals surface area contributed by atoms with Gasteiger partial charge < -0.3 is 9.47 Å². The van der Waals surface area contributed by atoms with Crippen molar-refractivity contribution < 1.29 is 9.47 Å². The second-order valence-corrected chi connectivity index (χ2v) is 2.98. The molecule has 0 aliphatic carbocycles. The largest absolute Gasteiger partial charge is 0.479 e. The molecule has 2 heterocycles. The quantitative estimate of drug-likeness (QED) is 0.562. The first-order chi connectivity index (χ1) is 5.47. The third-order valence-corrected chi connectivity index (χ3v) is 2.12. The van der Waals surface area contributed by atoms with Crippen molar-refractivity contribution in [3.63, 3.8) is 0 Å². The highest BCUT2D eigenvalue weighted by atomic mass is 16.5. The van der Waals surface area contributed by atoms with Crippen molar-refractivity contribution in [2.75, 3.05) is 26.4 Å². The minimum atomic E-state index is 0.450. The zero-order valence-electron chi connectivity index (χ0n) is 6.58. The summed E-state index contributed by atoms with van der Waals surface area (Å²) in [7, 11) is 0. The molecule has 1 atom stereocenters. The highest BCUT2D eigenvalue weighted by Gasteiger charge is 2.23. The van der Waals surface area contributed by atoms with Crippen molar-refractivity contribution in [2.45, 2.75) is 12.8 Å². The summed E-state index contributed by atoms with van der Waals surface area (Å²) < 4.78 is 10.7. The number of rotatable bonds is 1. The summed E-state index contributed by atoms with van der Waals surface area (Å²) in [5.41, 5.74) is 0. The van der Waals surface area contributed by atoms with Crippen LogP contribution in [0.15, 0.2) is 4.99 Å². The third-order valence-electron chi connectivity index (χ3n) is 2.12. The Hall–Kier alpha value is -0.570. The van der Waals surface area contributed by atoms with Crippen LogP contribution in [0.1, 0.15) is 12.8 Å². The van der Waals surface area contributed by atoms with Gasteiger partial charge in [0.05, 0.1) is 19.1 Å². The van der Waals surface area contributed by atoms with E-state index >= 15 is 0 Å². The van der Waals surface area contributed by atoms with Gasteiger partial charge >= 0.3 is 0 Å². The number of hydrogen-bond donors (Lipinski definition) is 0. The van der Waals surface area contributed by atoms with Crippen molar-refractivity contribution in [1.82, 2.24) is 0 Å². The molecule has 1 saturated heterocycles. The standard InChI is InChI=1S/C8H13NO2/c1-2-7(6-10-4-1)8-9-3-5-11-8/h7H,1-6H2/t7-/m1/s1. The molecule has 3 nitrogen and oxygen atoms in total. The van der Waals surface area contributed by atoms with Gasteiger partial charge in [0.15, 0.2) is 5.90 Å². The smallest absolute Gasteiger partial charge is 0.188 e. The first kappa shape index (κ1) is 7.10. The molecule has 2 aliphatic heterocycles. The van der Waals surface area contributed by atoms with Crippen LogP contribution in [0.2, 0.25) is 0 Å². The molecule has 0 unspecified atom stereocenters. The maximum atomic E-state index is 5.36. The molecule has 0 radical (unpaired) electrons. The summed E-state index contributed by atoms with van der Waals surface area (Å²) in [5, 5.41) is 0. The lowest BCUT2D eigenvalue weighted by atomic mass is 10.0. The number of aliphatic imine (C=N–C) groups is 1. The molecule has 0 spiro atoms. The van der Waals surface area contributed by atoms with E-state index in [1.54, 1.807) is 0 Å². The second kappa shape index (κ2) is 3.22. The average molecular weight is 155 g/mol. The summed E-state index contributed by atoms with van der Waals surface area (Å²) in [6.07, 6.45) is 2.33. The highest BCUT2D eigenvalue weighted by molar-refractivity contribution is 5.80. The van der Waals surface area contributed by atoms with Crippen LogP contribution in [0.5, 0.6) is 0 Å². The van der Waals surface area contributed by atoms with E-state index in [2.05, 4.69) is 4.99 Å². The Balaban J connectivity index is 1.92. The SMILES string of the molecule is C1COC[C@H](C2=NCCO2)C1. The Morgan fingerprint density at radius 3 is 3.00 bits per heavy atom. The number of nitrogens with zero attached hydrogens (tertiary/aromatic N) is 1. The van der Waals surface area contributed by atoms with Crippen molar-refractivity contribution in [3.8, 4) is 0 Å². The average Bonchev–Trinajstić information content (AvgIpc) is 2.58. The van der Waals surface area contributed by atoms with Gasteiger partial charge in [-0.05, 0) is 12.8 Å². The molecule has 0 saturated carbocycles. The molecule has 0 bridgehead atoms. The van der Waals surface area contributed by atoms with Crippen LogP contribution in [0.3, 0.4) is 0 Å². The number of hydrogen-bond acceptors (Lipinski definition) is 3. The molecular formula is C8H13NO2. The minimum Gasteiger partial charge on any atom is -0.479 e. The Morgan fingerprint density at radius 2 is 2.36 bits per heavy atom. The highest BCUT2D eigenvalue weighted by Crippen LogP contribution is 2.17. The van der Waals surface area contributed by atoms with Crippen LogP contribution in [-0.4, -0.2) is 32.3 Å². The molecule has 62 valence electrons. The fraction of sp³-hybridized carbons (Fsp3) is 0.875. The first-order valence-electron chi connectivity index (χ1n) is 4.22. The van der Waals surface area contributed by atoms with Crippen molar-refractivity contribution in [2.24, 2.45) is 10.9 Å². The van der Waals surface area contributed by atoms with Gasteiger partial charge in [0.1, 0.15) is 6.61 Å². The van der Waals surface area contributed by atoms with E-state index in [1.807, 2.05) is 0 Å². The van der Waals surface area contributed by atoms with Crippen LogP contribution >= 0.6 is 0 Å². The van der Waals surface area contributed by atoms with Crippen LogP contribution in [0.4, 0.5) is 0 Å². The topological polar surface area (TPSA) is 30.8 Å². The van der Waals surface area contributed by atoms with Crippen LogP contribution in [0, 0.1) is 5.92 Å². The summed E-state index contributed by atoms with van der Waals surface area (Å²) in [4.78, 5) is 4.27. The molecule has 0 aromatic carbocycles. The third kappa shape index (κ3) is 1.53. The maximum absolute atomic E-state index is 5.36. The second-order valence-electron chi connectivity index (χ2n) is 2.98. The number of ether oxygens (including phenoxy) is 2. The molecule has 2 rings (SSSR count). The normalized spacial score (nSPS) is 31.3. The van der Waals surface area contributed by atoms with Crippen LogP contribution in [0.25, 0.3) is 0 Å². The van der Waals surface area contributed by atoms with Crippen molar-refractivity contribution >= 4 is 5.90 Å². The monoisotopic (exact) mass is 155 g/mol. The summed E-state index contributed by atoms with van der Waals surface area (Å²) in [6.45, 7) is 3.32. The van der Waals surface area contributed by atoms with E-state index < -0.39 is 0 Å². The first-order valence-corrected chi connectivity index (χ1v) is 4.22. The van der Waals surface area contributed by atoms with E-state index in [1.165, 1.54) is 6.42 Å². The lowest BCUT2D eigenvalue weighted by Crippen LogP contribution is -2.25. The van der Waals surface area contributed by atoms with Crippen LogP contribution < -0.4 is 0 Å². The predicted octanol–water partition coefficient (Wildman–Crippen LogP) is 0.842. The molecule has 2 aliphatic rings.